The molecule has 2 rings (SSSR count). The van der Waals surface area contributed by atoms with E-state index in [-0.39, 0.29) is 11.2 Å². The van der Waals surface area contributed by atoms with Gasteiger partial charge >= 0.3 is 0 Å². The maximum Gasteiger partial charge on any atom is 0.123 e. The van der Waals surface area contributed by atoms with E-state index < -0.39 is 0 Å². The quantitative estimate of drug-likeness (QED) is 0.883. The molecular weight excluding hydrogens is 241 g/mol. The van der Waals surface area contributed by atoms with Crippen LogP contribution in [0.1, 0.15) is 32.3 Å². The van der Waals surface area contributed by atoms with E-state index in [4.69, 9.17) is 4.74 Å². The van der Waals surface area contributed by atoms with Gasteiger partial charge in [-0.15, -0.1) is 0 Å². The van der Waals surface area contributed by atoms with E-state index in [0.29, 0.717) is 6.04 Å². The topological polar surface area (TPSA) is 21.3 Å². The average Bonchev–Trinajstić information content (AvgIpc) is 2.41. The van der Waals surface area contributed by atoms with Crippen molar-refractivity contribution in [3.8, 4) is 0 Å². The van der Waals surface area contributed by atoms with Crippen LogP contribution in [-0.2, 0) is 11.2 Å². The molecule has 1 saturated heterocycles. The van der Waals surface area contributed by atoms with Gasteiger partial charge in [-0.3, -0.25) is 0 Å². The highest BCUT2D eigenvalue weighted by Gasteiger charge is 2.32. The van der Waals surface area contributed by atoms with Crippen LogP contribution < -0.4 is 5.32 Å². The number of benzene rings is 1. The van der Waals surface area contributed by atoms with E-state index in [1.165, 1.54) is 5.56 Å². The summed E-state index contributed by atoms with van der Waals surface area (Å²) in [5.74, 6) is -0.162. The third kappa shape index (κ3) is 4.29. The van der Waals surface area contributed by atoms with Crippen molar-refractivity contribution in [3.05, 3.63) is 35.6 Å². The van der Waals surface area contributed by atoms with Crippen molar-refractivity contribution in [2.45, 2.75) is 39.2 Å². The first-order valence-electron chi connectivity index (χ1n) is 7.15. The zero-order valence-corrected chi connectivity index (χ0v) is 11.9. The van der Waals surface area contributed by atoms with Gasteiger partial charge < -0.3 is 10.1 Å². The summed E-state index contributed by atoms with van der Waals surface area (Å²) in [6, 6.07) is 7.41. The molecule has 0 unspecified atom stereocenters. The second-order valence-corrected chi connectivity index (χ2v) is 5.95. The summed E-state index contributed by atoms with van der Waals surface area (Å²) in [4.78, 5) is 0. The molecule has 1 aromatic carbocycles. The molecule has 2 nitrogen and oxygen atoms in total. The van der Waals surface area contributed by atoms with Crippen LogP contribution in [0.3, 0.4) is 0 Å². The summed E-state index contributed by atoms with van der Waals surface area (Å²) in [6.45, 7) is 7.02. The fourth-order valence-corrected chi connectivity index (χ4v) is 2.68. The zero-order valence-electron chi connectivity index (χ0n) is 11.9. The van der Waals surface area contributed by atoms with Crippen molar-refractivity contribution in [1.29, 1.82) is 0 Å². The second kappa shape index (κ2) is 6.49. The highest BCUT2D eigenvalue weighted by molar-refractivity contribution is 5.18. The van der Waals surface area contributed by atoms with E-state index in [1.807, 2.05) is 12.1 Å². The van der Waals surface area contributed by atoms with Crippen LogP contribution in [0.15, 0.2) is 24.3 Å². The van der Waals surface area contributed by atoms with Gasteiger partial charge in [0.05, 0.1) is 0 Å². The van der Waals surface area contributed by atoms with Gasteiger partial charge in [-0.05, 0) is 42.4 Å². The lowest BCUT2D eigenvalue weighted by atomic mass is 9.75. The molecule has 0 radical (unpaired) electrons. The normalized spacial score (nSPS) is 18.7. The van der Waals surface area contributed by atoms with Crippen LogP contribution in [0.5, 0.6) is 0 Å². The molecule has 0 saturated carbocycles. The van der Waals surface area contributed by atoms with Gasteiger partial charge in [0.1, 0.15) is 5.82 Å². The highest BCUT2D eigenvalue weighted by Crippen LogP contribution is 2.34. The molecule has 1 N–H and O–H groups in total. The number of rotatable bonds is 5. The Morgan fingerprint density at radius 1 is 1.21 bits per heavy atom. The maximum atomic E-state index is 13.0. The predicted octanol–water partition coefficient (Wildman–Crippen LogP) is 3.16. The molecule has 1 fully saturated rings. The lowest BCUT2D eigenvalue weighted by Crippen LogP contribution is -2.42. The molecule has 1 aliphatic heterocycles. The van der Waals surface area contributed by atoms with Crippen LogP contribution in [0, 0.1) is 11.2 Å². The summed E-state index contributed by atoms with van der Waals surface area (Å²) >= 11 is 0. The Kier molecular flexibility index (Phi) is 4.94. The molecule has 1 heterocycles. The summed E-state index contributed by atoms with van der Waals surface area (Å²) in [5.41, 5.74) is 1.47. The van der Waals surface area contributed by atoms with Gasteiger partial charge in [0.25, 0.3) is 0 Å². The molecule has 0 bridgehead atoms. The van der Waals surface area contributed by atoms with Crippen molar-refractivity contribution < 1.29 is 9.13 Å². The zero-order chi connectivity index (χ0) is 13.7. The van der Waals surface area contributed by atoms with Crippen LogP contribution in [-0.4, -0.2) is 25.8 Å². The van der Waals surface area contributed by atoms with Crippen molar-refractivity contribution in [1.82, 2.24) is 5.32 Å². The number of nitrogens with one attached hydrogen (secondary N) is 1. The molecule has 3 heteroatoms. The highest BCUT2D eigenvalue weighted by atomic mass is 19.1. The number of hydrogen-bond donors (Lipinski definition) is 1. The molecule has 1 aromatic rings. The smallest absolute Gasteiger partial charge is 0.123 e. The molecule has 19 heavy (non-hydrogen) atoms. The minimum absolute atomic E-state index is 0.162. The van der Waals surface area contributed by atoms with Gasteiger partial charge in [-0.25, -0.2) is 4.39 Å². The van der Waals surface area contributed by atoms with Gasteiger partial charge in [0.15, 0.2) is 0 Å². The van der Waals surface area contributed by atoms with Crippen molar-refractivity contribution in [2.75, 3.05) is 19.8 Å². The van der Waals surface area contributed by atoms with Gasteiger partial charge in [0, 0.05) is 25.8 Å². The Balaban J connectivity index is 2.06. The first-order valence-corrected chi connectivity index (χ1v) is 7.15. The third-order valence-corrected chi connectivity index (χ3v) is 3.93. The minimum Gasteiger partial charge on any atom is -0.381 e. The Morgan fingerprint density at radius 2 is 1.84 bits per heavy atom. The standard InChI is InChI=1S/C16H24FNO/c1-13(2)18-12-16(7-9-19-10-8-16)11-14-3-5-15(17)6-4-14/h3-6,13,18H,7-12H2,1-2H3. The molecule has 0 amide bonds. The lowest BCUT2D eigenvalue weighted by molar-refractivity contribution is 0.0141. The van der Waals surface area contributed by atoms with Gasteiger partial charge in [0.2, 0.25) is 0 Å². The van der Waals surface area contributed by atoms with Crippen molar-refractivity contribution >= 4 is 0 Å². The molecule has 0 atom stereocenters. The molecule has 0 spiro atoms. The monoisotopic (exact) mass is 265 g/mol. The largest absolute Gasteiger partial charge is 0.381 e. The second-order valence-electron chi connectivity index (χ2n) is 5.95. The number of ether oxygens (including phenoxy) is 1. The van der Waals surface area contributed by atoms with Gasteiger partial charge in [-0.2, -0.15) is 0 Å². The molecule has 0 aliphatic carbocycles. The Hall–Kier alpha value is -0.930. The lowest BCUT2D eigenvalue weighted by Gasteiger charge is -2.38. The van der Waals surface area contributed by atoms with Crippen LogP contribution in [0.25, 0.3) is 0 Å². The van der Waals surface area contributed by atoms with Gasteiger partial charge in [-0.1, -0.05) is 26.0 Å². The van der Waals surface area contributed by atoms with E-state index in [1.54, 1.807) is 12.1 Å². The molecule has 0 aromatic heterocycles. The van der Waals surface area contributed by atoms with Crippen LogP contribution in [0.4, 0.5) is 4.39 Å². The fraction of sp³-hybridized carbons (Fsp3) is 0.625. The van der Waals surface area contributed by atoms with Crippen LogP contribution >= 0.6 is 0 Å². The summed E-state index contributed by atoms with van der Waals surface area (Å²) < 4.78 is 18.5. The summed E-state index contributed by atoms with van der Waals surface area (Å²) in [6.07, 6.45) is 3.14. The first-order chi connectivity index (χ1) is 9.10. The van der Waals surface area contributed by atoms with E-state index in [0.717, 1.165) is 39.0 Å². The first kappa shape index (κ1) is 14.5. The Labute approximate surface area is 115 Å². The Morgan fingerprint density at radius 3 is 2.42 bits per heavy atom. The minimum atomic E-state index is -0.162. The Bertz CT molecular complexity index is 382. The maximum absolute atomic E-state index is 13.0. The fourth-order valence-electron chi connectivity index (χ4n) is 2.68. The number of hydrogen-bond acceptors (Lipinski definition) is 2. The third-order valence-electron chi connectivity index (χ3n) is 3.93. The SMILES string of the molecule is CC(C)NCC1(Cc2ccc(F)cc2)CCOCC1. The molecular formula is C16H24FNO. The van der Waals surface area contributed by atoms with E-state index in [2.05, 4.69) is 19.2 Å². The van der Waals surface area contributed by atoms with E-state index >= 15 is 0 Å². The predicted molar refractivity (Wildman–Crippen MR) is 75.7 cm³/mol. The average molecular weight is 265 g/mol. The van der Waals surface area contributed by atoms with Crippen molar-refractivity contribution in [2.24, 2.45) is 5.41 Å². The summed E-state index contributed by atoms with van der Waals surface area (Å²) in [5, 5.41) is 3.56. The number of halogens is 1. The molecule has 1 aliphatic rings. The molecule has 106 valence electrons. The van der Waals surface area contributed by atoms with Crippen LogP contribution in [0.2, 0.25) is 0 Å². The van der Waals surface area contributed by atoms with Crippen molar-refractivity contribution in [3.63, 3.8) is 0 Å². The summed E-state index contributed by atoms with van der Waals surface area (Å²) in [7, 11) is 0. The van der Waals surface area contributed by atoms with E-state index in [9.17, 15) is 4.39 Å².